The van der Waals surface area contributed by atoms with Gasteiger partial charge in [0.1, 0.15) is 5.75 Å². The number of carbonyl (C=O) groups excluding carboxylic acids is 1. The summed E-state index contributed by atoms with van der Waals surface area (Å²) in [6.45, 7) is 2.57. The van der Waals surface area contributed by atoms with E-state index >= 15 is 0 Å². The third-order valence-corrected chi connectivity index (χ3v) is 3.62. The Morgan fingerprint density at radius 1 is 1.42 bits per heavy atom. The van der Waals surface area contributed by atoms with Gasteiger partial charge in [0.2, 0.25) is 5.91 Å². The lowest BCUT2D eigenvalue weighted by molar-refractivity contribution is -0.120. The summed E-state index contributed by atoms with van der Waals surface area (Å²) in [7, 11) is 0. The average Bonchev–Trinajstić information content (AvgIpc) is 2.87. The number of rotatable bonds is 2. The van der Waals surface area contributed by atoms with E-state index < -0.39 is 0 Å². The molecule has 1 fully saturated rings. The Bertz CT molecular complexity index is 459. The summed E-state index contributed by atoms with van der Waals surface area (Å²) in [4.78, 5) is 12.1. The van der Waals surface area contributed by atoms with E-state index in [4.69, 9.17) is 4.74 Å². The fourth-order valence-electron chi connectivity index (χ4n) is 2.58. The molecule has 0 saturated carbocycles. The number of ether oxygens (including phenoxy) is 1. The lowest BCUT2D eigenvalue weighted by atomic mass is 9.98. The zero-order valence-corrected chi connectivity index (χ0v) is 11.6. The molecule has 2 N–H and O–H groups in total. The topological polar surface area (TPSA) is 50.4 Å². The number of benzene rings is 1. The molecule has 0 bridgehead atoms. The monoisotopic (exact) mass is 282 g/mol. The number of hydrogen-bond donors (Lipinski definition) is 2. The van der Waals surface area contributed by atoms with Gasteiger partial charge < -0.3 is 15.4 Å². The smallest absolute Gasteiger partial charge is 0.228 e. The van der Waals surface area contributed by atoms with Crippen LogP contribution in [0.25, 0.3) is 0 Å². The van der Waals surface area contributed by atoms with Gasteiger partial charge in [0.05, 0.1) is 12.5 Å². The number of hydrogen-bond acceptors (Lipinski definition) is 3. The minimum atomic E-state index is 0. The maximum absolute atomic E-state index is 12.1. The second-order valence-electron chi connectivity index (χ2n) is 4.95. The zero-order valence-electron chi connectivity index (χ0n) is 10.8. The van der Waals surface area contributed by atoms with Crippen LogP contribution in [-0.2, 0) is 11.2 Å². The van der Waals surface area contributed by atoms with Crippen molar-refractivity contribution in [1.82, 2.24) is 5.32 Å². The SMILES string of the molecule is Cl.O=C(Nc1ccc2c(c1)CCO2)[C@@H]1CCCNC1. The highest BCUT2D eigenvalue weighted by Crippen LogP contribution is 2.28. The van der Waals surface area contributed by atoms with E-state index in [0.717, 1.165) is 50.4 Å². The largest absolute Gasteiger partial charge is 0.493 e. The molecule has 1 aromatic carbocycles. The van der Waals surface area contributed by atoms with Crippen LogP contribution in [0.5, 0.6) is 5.75 Å². The van der Waals surface area contributed by atoms with Crippen molar-refractivity contribution in [2.24, 2.45) is 5.92 Å². The Kier molecular flexibility index (Phi) is 4.66. The van der Waals surface area contributed by atoms with Crippen molar-refractivity contribution in [2.75, 3.05) is 25.0 Å². The van der Waals surface area contributed by atoms with E-state index in [1.165, 1.54) is 5.56 Å². The van der Waals surface area contributed by atoms with Crippen LogP contribution in [0.4, 0.5) is 5.69 Å². The molecule has 2 aliphatic heterocycles. The summed E-state index contributed by atoms with van der Waals surface area (Å²) in [5.41, 5.74) is 2.07. The average molecular weight is 283 g/mol. The first-order chi connectivity index (χ1) is 8.83. The predicted molar refractivity (Wildman–Crippen MR) is 77.1 cm³/mol. The summed E-state index contributed by atoms with van der Waals surface area (Å²) >= 11 is 0. The highest BCUT2D eigenvalue weighted by atomic mass is 35.5. The molecule has 2 aliphatic rings. The molecule has 0 aromatic heterocycles. The molecule has 2 heterocycles. The van der Waals surface area contributed by atoms with Crippen molar-refractivity contribution in [2.45, 2.75) is 19.3 Å². The van der Waals surface area contributed by atoms with E-state index in [1.54, 1.807) is 0 Å². The van der Waals surface area contributed by atoms with E-state index in [-0.39, 0.29) is 24.2 Å². The Morgan fingerprint density at radius 2 is 2.32 bits per heavy atom. The maximum Gasteiger partial charge on any atom is 0.228 e. The van der Waals surface area contributed by atoms with E-state index in [0.29, 0.717) is 0 Å². The number of anilines is 1. The van der Waals surface area contributed by atoms with Crippen LogP contribution in [0.3, 0.4) is 0 Å². The van der Waals surface area contributed by atoms with Gasteiger partial charge in [0.25, 0.3) is 0 Å². The van der Waals surface area contributed by atoms with Crippen LogP contribution in [-0.4, -0.2) is 25.6 Å². The molecule has 1 atom stereocenters. The lowest BCUT2D eigenvalue weighted by Crippen LogP contribution is -2.37. The molecule has 0 spiro atoms. The summed E-state index contributed by atoms with van der Waals surface area (Å²) in [6.07, 6.45) is 2.99. The molecule has 104 valence electrons. The van der Waals surface area contributed by atoms with E-state index in [9.17, 15) is 4.79 Å². The number of fused-ring (bicyclic) bond motifs is 1. The number of piperidine rings is 1. The first kappa shape index (κ1) is 14.2. The van der Waals surface area contributed by atoms with Gasteiger partial charge in [0, 0.05) is 18.7 Å². The highest BCUT2D eigenvalue weighted by molar-refractivity contribution is 5.93. The zero-order chi connectivity index (χ0) is 12.4. The number of carbonyl (C=O) groups is 1. The van der Waals surface area contributed by atoms with Gasteiger partial charge in [-0.25, -0.2) is 0 Å². The molecule has 19 heavy (non-hydrogen) atoms. The molecule has 1 aromatic rings. The third-order valence-electron chi connectivity index (χ3n) is 3.62. The van der Waals surface area contributed by atoms with Crippen molar-refractivity contribution >= 4 is 24.0 Å². The highest BCUT2D eigenvalue weighted by Gasteiger charge is 2.21. The Balaban J connectivity index is 0.00000133. The minimum Gasteiger partial charge on any atom is -0.493 e. The Labute approximate surface area is 119 Å². The van der Waals surface area contributed by atoms with Crippen LogP contribution < -0.4 is 15.4 Å². The normalized spacial score (nSPS) is 20.9. The molecular formula is C14H19ClN2O2. The number of halogens is 1. The molecule has 5 heteroatoms. The van der Waals surface area contributed by atoms with Gasteiger partial charge in [0.15, 0.2) is 0 Å². The van der Waals surface area contributed by atoms with Crippen LogP contribution in [0.15, 0.2) is 18.2 Å². The Morgan fingerprint density at radius 3 is 3.11 bits per heavy atom. The molecule has 4 nitrogen and oxygen atoms in total. The van der Waals surface area contributed by atoms with Gasteiger partial charge in [-0.05, 0) is 43.1 Å². The van der Waals surface area contributed by atoms with Gasteiger partial charge in [-0.3, -0.25) is 4.79 Å². The number of amides is 1. The summed E-state index contributed by atoms with van der Waals surface area (Å²) in [5.74, 6) is 1.18. The maximum atomic E-state index is 12.1. The van der Waals surface area contributed by atoms with Crippen molar-refractivity contribution in [1.29, 1.82) is 0 Å². The predicted octanol–water partition coefficient (Wildman–Crippen LogP) is 1.98. The quantitative estimate of drug-likeness (QED) is 0.872. The van der Waals surface area contributed by atoms with Crippen molar-refractivity contribution in [3.63, 3.8) is 0 Å². The van der Waals surface area contributed by atoms with Crippen LogP contribution >= 0.6 is 12.4 Å². The fraction of sp³-hybridized carbons (Fsp3) is 0.500. The van der Waals surface area contributed by atoms with Crippen molar-refractivity contribution < 1.29 is 9.53 Å². The minimum absolute atomic E-state index is 0. The Hall–Kier alpha value is -1.26. The second kappa shape index (κ2) is 6.26. The summed E-state index contributed by atoms with van der Waals surface area (Å²) < 4.78 is 5.45. The van der Waals surface area contributed by atoms with Gasteiger partial charge in [-0.2, -0.15) is 0 Å². The second-order valence-corrected chi connectivity index (χ2v) is 4.95. The van der Waals surface area contributed by atoms with Crippen molar-refractivity contribution in [3.05, 3.63) is 23.8 Å². The van der Waals surface area contributed by atoms with E-state index in [2.05, 4.69) is 10.6 Å². The van der Waals surface area contributed by atoms with Gasteiger partial charge in [-0.1, -0.05) is 0 Å². The first-order valence-electron chi connectivity index (χ1n) is 6.60. The van der Waals surface area contributed by atoms with Crippen molar-refractivity contribution in [3.8, 4) is 5.75 Å². The molecule has 3 rings (SSSR count). The van der Waals surface area contributed by atoms with Crippen LogP contribution in [0.2, 0.25) is 0 Å². The molecular weight excluding hydrogens is 264 g/mol. The molecule has 0 unspecified atom stereocenters. The lowest BCUT2D eigenvalue weighted by Gasteiger charge is -2.22. The molecule has 0 radical (unpaired) electrons. The van der Waals surface area contributed by atoms with Crippen LogP contribution in [0.1, 0.15) is 18.4 Å². The van der Waals surface area contributed by atoms with Gasteiger partial charge in [-0.15, -0.1) is 12.4 Å². The fourth-order valence-corrected chi connectivity index (χ4v) is 2.58. The molecule has 0 aliphatic carbocycles. The summed E-state index contributed by atoms with van der Waals surface area (Å²) in [5, 5.41) is 6.27. The van der Waals surface area contributed by atoms with Crippen LogP contribution in [0, 0.1) is 5.92 Å². The first-order valence-corrected chi connectivity index (χ1v) is 6.60. The standard InChI is InChI=1S/C14H18N2O2.ClH/c17-14(11-2-1-6-15-9-11)16-12-3-4-13-10(8-12)5-7-18-13;/h3-4,8,11,15H,1-2,5-7,9H2,(H,16,17);1H/t11-;/m1./s1. The number of nitrogens with one attached hydrogen (secondary N) is 2. The molecule has 1 saturated heterocycles. The van der Waals surface area contributed by atoms with E-state index in [1.807, 2.05) is 18.2 Å². The molecule has 1 amide bonds. The third kappa shape index (κ3) is 3.19. The van der Waals surface area contributed by atoms with Gasteiger partial charge >= 0.3 is 0 Å². The summed E-state index contributed by atoms with van der Waals surface area (Å²) in [6, 6.07) is 5.88.